The van der Waals surface area contributed by atoms with Crippen LogP contribution >= 0.6 is 7.75 Å². The number of para-hydroxylation sites is 1. The molecule has 0 saturated carbocycles. The van der Waals surface area contributed by atoms with Crippen LogP contribution in [0.5, 0.6) is 5.75 Å². The fourth-order valence-electron chi connectivity index (χ4n) is 4.25. The van der Waals surface area contributed by atoms with Crippen LogP contribution in [0.1, 0.15) is 38.7 Å². The highest BCUT2D eigenvalue weighted by atomic mass is 31.2. The number of H-pyrrole nitrogens is 1. The van der Waals surface area contributed by atoms with Crippen molar-refractivity contribution in [2.75, 3.05) is 6.61 Å². The van der Waals surface area contributed by atoms with Crippen molar-refractivity contribution in [2.45, 2.75) is 45.3 Å². The SMILES string of the molecule is CC(=NP(=O)(OCC1OC(n2ccc(=O)[nH]c2=O)C(C)(C#N)C1O)Oc1ccccc1)C(=O)OC(C)c1ccccc1. The highest BCUT2D eigenvalue weighted by molar-refractivity contribution is 7.53. The fourth-order valence-corrected chi connectivity index (χ4v) is 5.58. The first-order chi connectivity index (χ1) is 20.0. The van der Waals surface area contributed by atoms with Gasteiger partial charge in [-0.15, -0.1) is 0 Å². The van der Waals surface area contributed by atoms with Gasteiger partial charge in [-0.25, -0.2) is 14.2 Å². The number of carbonyl (C=O) groups is 1. The lowest BCUT2D eigenvalue weighted by Crippen LogP contribution is -2.40. The lowest BCUT2D eigenvalue weighted by molar-refractivity contribution is -0.140. The number of aromatic nitrogens is 2. The number of esters is 1. The van der Waals surface area contributed by atoms with E-state index < -0.39 is 61.5 Å². The molecule has 6 atom stereocenters. The largest absolute Gasteiger partial charge is 0.508 e. The van der Waals surface area contributed by atoms with Gasteiger partial charge in [-0.2, -0.15) is 10.0 Å². The van der Waals surface area contributed by atoms with Crippen molar-refractivity contribution in [2.24, 2.45) is 10.2 Å². The number of nitrogens with zero attached hydrogens (tertiary/aromatic N) is 3. The Morgan fingerprint density at radius 1 is 1.19 bits per heavy atom. The molecule has 1 fully saturated rings. The van der Waals surface area contributed by atoms with Gasteiger partial charge in [-0.1, -0.05) is 48.5 Å². The zero-order valence-electron chi connectivity index (χ0n) is 22.9. The maximum atomic E-state index is 13.9. The van der Waals surface area contributed by atoms with Crippen LogP contribution in [0.15, 0.2) is 87.3 Å². The van der Waals surface area contributed by atoms with E-state index in [1.807, 2.05) is 12.1 Å². The van der Waals surface area contributed by atoms with Crippen molar-refractivity contribution >= 4 is 19.4 Å². The van der Waals surface area contributed by atoms with E-state index in [1.54, 1.807) is 49.4 Å². The van der Waals surface area contributed by atoms with E-state index >= 15 is 0 Å². The van der Waals surface area contributed by atoms with E-state index in [4.69, 9.17) is 18.5 Å². The molecule has 1 aromatic heterocycles. The van der Waals surface area contributed by atoms with E-state index in [2.05, 4.69) is 9.75 Å². The molecule has 2 N–H and O–H groups in total. The van der Waals surface area contributed by atoms with Gasteiger partial charge in [0.05, 0.1) is 12.7 Å². The Balaban J connectivity index is 1.57. The van der Waals surface area contributed by atoms with Crippen LogP contribution in [0.25, 0.3) is 0 Å². The quantitative estimate of drug-likeness (QED) is 0.200. The smallest absolute Gasteiger partial charge is 0.453 e. The number of hydrogen-bond donors (Lipinski definition) is 2. The Morgan fingerprint density at radius 3 is 2.45 bits per heavy atom. The van der Waals surface area contributed by atoms with Crippen molar-refractivity contribution in [1.82, 2.24) is 9.55 Å². The number of rotatable bonds is 10. The average Bonchev–Trinajstić information content (AvgIpc) is 3.22. The number of benzene rings is 2. The summed E-state index contributed by atoms with van der Waals surface area (Å²) in [6.07, 6.45) is -3.64. The minimum Gasteiger partial charge on any atom is -0.453 e. The summed E-state index contributed by atoms with van der Waals surface area (Å²) in [6.45, 7) is 3.72. The number of nitrogens with one attached hydrogen (secondary N) is 1. The molecular weight excluding hydrogens is 567 g/mol. The Hall–Kier alpha value is -4.34. The van der Waals surface area contributed by atoms with Crippen LogP contribution in [0, 0.1) is 16.7 Å². The first-order valence-electron chi connectivity index (χ1n) is 12.8. The second-order valence-electron chi connectivity index (χ2n) is 9.70. The van der Waals surface area contributed by atoms with Crippen molar-refractivity contribution < 1.29 is 33.0 Å². The summed E-state index contributed by atoms with van der Waals surface area (Å²) in [6, 6.07) is 20.0. The molecule has 0 bridgehead atoms. The number of ether oxygens (including phenoxy) is 2. The molecule has 3 aromatic rings. The van der Waals surface area contributed by atoms with Gasteiger partial charge in [0.15, 0.2) is 6.23 Å². The average molecular weight is 597 g/mol. The fraction of sp³-hybridized carbons (Fsp3) is 0.321. The molecule has 1 saturated heterocycles. The molecule has 6 unspecified atom stereocenters. The van der Waals surface area contributed by atoms with Gasteiger partial charge in [0.25, 0.3) is 5.56 Å². The summed E-state index contributed by atoms with van der Waals surface area (Å²) in [5, 5.41) is 20.9. The van der Waals surface area contributed by atoms with Crippen molar-refractivity contribution in [3.63, 3.8) is 0 Å². The number of hydrogen-bond acceptors (Lipinski definition) is 10. The zero-order chi connectivity index (χ0) is 30.5. The maximum Gasteiger partial charge on any atom is 0.508 e. The standard InChI is InChI=1S/C28H29N4O9P/c1-18(25(35)39-19(2)20-10-6-4-7-11-20)31-42(37,41-21-12-8-5-9-13-21)38-16-22-24(34)28(3,17-29)26(40-22)32-15-14-23(33)30-27(32)36/h4-15,19,22,24,26,34H,16H2,1-3H3,(H,30,33,36). The van der Waals surface area contributed by atoms with Gasteiger partial charge in [-0.05, 0) is 38.5 Å². The highest BCUT2D eigenvalue weighted by Gasteiger charge is 2.55. The lowest BCUT2D eigenvalue weighted by atomic mass is 9.84. The molecule has 0 aliphatic carbocycles. The molecule has 4 rings (SSSR count). The molecule has 0 spiro atoms. The number of carbonyl (C=O) groups excluding carboxylic acids is 1. The molecule has 13 nitrogen and oxygen atoms in total. The molecule has 1 aliphatic heterocycles. The first kappa shape index (κ1) is 30.6. The van der Waals surface area contributed by atoms with Crippen LogP contribution in [0.3, 0.4) is 0 Å². The van der Waals surface area contributed by atoms with E-state index in [-0.39, 0.29) is 11.5 Å². The molecule has 1 aliphatic rings. The summed E-state index contributed by atoms with van der Waals surface area (Å²) in [5.74, 6) is -0.741. The van der Waals surface area contributed by atoms with E-state index in [1.165, 1.54) is 26.0 Å². The molecule has 0 radical (unpaired) electrons. The molecule has 14 heteroatoms. The number of aliphatic hydroxyl groups excluding tert-OH is 1. The van der Waals surface area contributed by atoms with Crippen LogP contribution in [0.4, 0.5) is 0 Å². The number of aliphatic hydroxyl groups is 1. The second kappa shape index (κ2) is 12.7. The van der Waals surface area contributed by atoms with Crippen LogP contribution < -0.4 is 15.8 Å². The van der Waals surface area contributed by atoms with E-state index in [9.17, 15) is 29.3 Å². The second-order valence-corrected chi connectivity index (χ2v) is 11.3. The Bertz CT molecular complexity index is 1650. The minimum absolute atomic E-state index is 0.121. The Morgan fingerprint density at radius 2 is 1.83 bits per heavy atom. The molecule has 220 valence electrons. The highest BCUT2D eigenvalue weighted by Crippen LogP contribution is 2.52. The van der Waals surface area contributed by atoms with E-state index in [0.717, 1.165) is 22.4 Å². The molecular formula is C28H29N4O9P. The van der Waals surface area contributed by atoms with Crippen molar-refractivity contribution in [3.05, 3.63) is 99.3 Å². The van der Waals surface area contributed by atoms with Gasteiger partial charge in [0.2, 0.25) is 0 Å². The van der Waals surface area contributed by atoms with E-state index in [0.29, 0.717) is 0 Å². The first-order valence-corrected chi connectivity index (χ1v) is 14.3. The van der Waals surface area contributed by atoms with Crippen molar-refractivity contribution in [3.8, 4) is 11.8 Å². The van der Waals surface area contributed by atoms with Gasteiger partial charge >= 0.3 is 19.4 Å². The van der Waals surface area contributed by atoms with Crippen LogP contribution in [0.2, 0.25) is 0 Å². The molecule has 42 heavy (non-hydrogen) atoms. The third-order valence-corrected chi connectivity index (χ3v) is 8.08. The zero-order valence-corrected chi connectivity index (χ0v) is 23.8. The van der Waals surface area contributed by atoms with Gasteiger partial charge < -0.3 is 19.1 Å². The monoisotopic (exact) mass is 596 g/mol. The third-order valence-electron chi connectivity index (χ3n) is 6.61. The topological polar surface area (TPSA) is 182 Å². The number of aromatic amines is 1. The van der Waals surface area contributed by atoms with Gasteiger partial charge in [0, 0.05) is 12.3 Å². The van der Waals surface area contributed by atoms with Crippen molar-refractivity contribution in [1.29, 1.82) is 5.26 Å². The normalized spacial score (nSPS) is 24.3. The lowest BCUT2D eigenvalue weighted by Gasteiger charge is -2.25. The molecule has 0 amide bonds. The molecule has 2 aromatic carbocycles. The maximum absolute atomic E-state index is 13.9. The summed E-state index contributed by atoms with van der Waals surface area (Å²) >= 11 is 0. The molecule has 2 heterocycles. The Labute approximate surface area is 240 Å². The van der Waals surface area contributed by atoms with Gasteiger partial charge in [-0.3, -0.25) is 18.9 Å². The summed E-state index contributed by atoms with van der Waals surface area (Å²) in [7, 11) is -4.51. The van der Waals surface area contributed by atoms with Crippen LogP contribution in [-0.4, -0.2) is 45.2 Å². The predicted molar refractivity (Wildman–Crippen MR) is 150 cm³/mol. The summed E-state index contributed by atoms with van der Waals surface area (Å²) in [5.41, 5.74) is -2.74. The van der Waals surface area contributed by atoms with Gasteiger partial charge in [0.1, 0.15) is 35.2 Å². The third kappa shape index (κ3) is 6.75. The minimum atomic E-state index is -4.51. The van der Waals surface area contributed by atoms with Crippen LogP contribution in [-0.2, 0) is 23.4 Å². The Kier molecular flexibility index (Phi) is 9.23. The number of nitriles is 1. The predicted octanol–water partition coefficient (Wildman–Crippen LogP) is 3.29. The summed E-state index contributed by atoms with van der Waals surface area (Å²) in [4.78, 5) is 38.8. The summed E-state index contributed by atoms with van der Waals surface area (Å²) < 4.78 is 41.2.